The molecule has 2 heterocycles. The molecule has 3 rings (SSSR count). The summed E-state index contributed by atoms with van der Waals surface area (Å²) >= 11 is 0. The number of aliphatic imine (C=N–C) groups is 1. The maximum Gasteiger partial charge on any atom is 0.193 e. The van der Waals surface area contributed by atoms with Gasteiger partial charge in [-0.25, -0.2) is 18.8 Å². The Labute approximate surface area is 139 Å². The molecule has 1 aliphatic rings. The van der Waals surface area contributed by atoms with Crippen molar-refractivity contribution in [1.29, 1.82) is 0 Å². The van der Waals surface area contributed by atoms with E-state index in [1.165, 1.54) is 12.8 Å². The third-order valence-corrected chi connectivity index (χ3v) is 3.86. The van der Waals surface area contributed by atoms with E-state index in [1.807, 2.05) is 12.1 Å². The van der Waals surface area contributed by atoms with Crippen molar-refractivity contribution in [3.05, 3.63) is 53.7 Å². The number of nitrogens with zero attached hydrogens (tertiary/aromatic N) is 3. The maximum absolute atomic E-state index is 13.6. The highest BCUT2D eigenvalue weighted by molar-refractivity contribution is 5.92. The molecule has 2 aromatic rings. The maximum atomic E-state index is 13.6. The molecule has 1 saturated heterocycles. The van der Waals surface area contributed by atoms with Crippen LogP contribution in [0.5, 0.6) is 0 Å². The lowest BCUT2D eigenvalue weighted by Gasteiger charge is -2.16. The summed E-state index contributed by atoms with van der Waals surface area (Å²) < 4.78 is 26.7. The quantitative estimate of drug-likeness (QED) is 0.668. The minimum atomic E-state index is -0.588. The van der Waals surface area contributed by atoms with E-state index in [2.05, 4.69) is 20.2 Å². The highest BCUT2D eigenvalue weighted by atomic mass is 19.1. The summed E-state index contributed by atoms with van der Waals surface area (Å²) in [5.41, 5.74) is 6.67. The third-order valence-electron chi connectivity index (χ3n) is 3.86. The molecule has 1 fully saturated rings. The number of aromatic nitrogens is 1. The van der Waals surface area contributed by atoms with Gasteiger partial charge in [-0.3, -0.25) is 0 Å². The van der Waals surface area contributed by atoms with Gasteiger partial charge in [-0.05, 0) is 42.7 Å². The van der Waals surface area contributed by atoms with Crippen molar-refractivity contribution in [2.75, 3.05) is 23.3 Å². The van der Waals surface area contributed by atoms with Crippen LogP contribution in [0.1, 0.15) is 18.4 Å². The van der Waals surface area contributed by atoms with E-state index < -0.39 is 11.6 Å². The zero-order chi connectivity index (χ0) is 16.9. The van der Waals surface area contributed by atoms with E-state index in [0.29, 0.717) is 6.54 Å². The fraction of sp³-hybridized carbons (Fsp3) is 0.294. The molecule has 0 aliphatic carbocycles. The molecule has 24 heavy (non-hydrogen) atoms. The third kappa shape index (κ3) is 3.98. The van der Waals surface area contributed by atoms with Gasteiger partial charge in [0.2, 0.25) is 0 Å². The Morgan fingerprint density at radius 2 is 2.00 bits per heavy atom. The molecular formula is C17H19F2N5. The number of pyridine rings is 1. The monoisotopic (exact) mass is 331 g/mol. The van der Waals surface area contributed by atoms with Crippen molar-refractivity contribution in [3.63, 3.8) is 0 Å². The van der Waals surface area contributed by atoms with Crippen LogP contribution < -0.4 is 16.0 Å². The van der Waals surface area contributed by atoms with Crippen LogP contribution in [0.25, 0.3) is 0 Å². The van der Waals surface area contributed by atoms with Crippen LogP contribution in [0.4, 0.5) is 20.3 Å². The molecule has 0 bridgehead atoms. The summed E-state index contributed by atoms with van der Waals surface area (Å²) in [5, 5.41) is 2.58. The number of halogens is 2. The van der Waals surface area contributed by atoms with Crippen molar-refractivity contribution in [3.8, 4) is 0 Å². The number of rotatable bonds is 4. The SMILES string of the molecule is NC(=NCc1ccnc(N2CCCC2)c1)Nc1cc(F)ccc1F. The lowest BCUT2D eigenvalue weighted by atomic mass is 10.2. The summed E-state index contributed by atoms with van der Waals surface area (Å²) in [5.74, 6) is -0.173. The molecule has 3 N–H and O–H groups in total. The first-order valence-corrected chi connectivity index (χ1v) is 7.84. The van der Waals surface area contributed by atoms with E-state index in [-0.39, 0.29) is 11.6 Å². The van der Waals surface area contributed by atoms with E-state index in [1.54, 1.807) is 6.20 Å². The van der Waals surface area contributed by atoms with Gasteiger partial charge in [0.1, 0.15) is 17.5 Å². The van der Waals surface area contributed by atoms with Crippen molar-refractivity contribution in [2.24, 2.45) is 10.7 Å². The molecular weight excluding hydrogens is 312 g/mol. The van der Waals surface area contributed by atoms with Crippen LogP contribution in [0, 0.1) is 11.6 Å². The van der Waals surface area contributed by atoms with Gasteiger partial charge >= 0.3 is 0 Å². The van der Waals surface area contributed by atoms with Crippen molar-refractivity contribution < 1.29 is 8.78 Å². The smallest absolute Gasteiger partial charge is 0.193 e. The van der Waals surface area contributed by atoms with Crippen molar-refractivity contribution >= 4 is 17.5 Å². The standard InChI is InChI=1S/C17H19F2N5/c18-13-3-4-14(19)15(10-13)23-17(20)22-11-12-5-6-21-16(9-12)24-7-1-2-8-24/h3-6,9-10H,1-2,7-8,11H2,(H3,20,22,23). The molecule has 7 heteroatoms. The van der Waals surface area contributed by atoms with E-state index >= 15 is 0 Å². The van der Waals surface area contributed by atoms with Gasteiger partial charge in [0.25, 0.3) is 0 Å². The average Bonchev–Trinajstić information content (AvgIpc) is 3.11. The number of hydrogen-bond acceptors (Lipinski definition) is 3. The first kappa shape index (κ1) is 16.2. The zero-order valence-corrected chi connectivity index (χ0v) is 13.2. The lowest BCUT2D eigenvalue weighted by molar-refractivity contribution is 0.604. The van der Waals surface area contributed by atoms with Crippen LogP contribution in [-0.4, -0.2) is 24.0 Å². The number of anilines is 2. The predicted molar refractivity (Wildman–Crippen MR) is 91.0 cm³/mol. The van der Waals surface area contributed by atoms with E-state index in [9.17, 15) is 8.78 Å². The Bertz CT molecular complexity index is 742. The number of benzene rings is 1. The van der Waals surface area contributed by atoms with Gasteiger partial charge in [-0.15, -0.1) is 0 Å². The topological polar surface area (TPSA) is 66.5 Å². The molecule has 0 radical (unpaired) electrons. The van der Waals surface area contributed by atoms with Crippen LogP contribution in [-0.2, 0) is 6.54 Å². The molecule has 126 valence electrons. The second-order valence-electron chi connectivity index (χ2n) is 5.67. The van der Waals surface area contributed by atoms with Gasteiger partial charge < -0.3 is 16.0 Å². The van der Waals surface area contributed by atoms with E-state index in [4.69, 9.17) is 5.73 Å². The largest absolute Gasteiger partial charge is 0.370 e. The Morgan fingerprint density at radius 1 is 1.21 bits per heavy atom. The van der Waals surface area contributed by atoms with Crippen LogP contribution in [0.3, 0.4) is 0 Å². The molecule has 0 spiro atoms. The second kappa shape index (κ2) is 7.25. The average molecular weight is 331 g/mol. The summed E-state index contributed by atoms with van der Waals surface area (Å²) in [6.07, 6.45) is 4.11. The normalized spacial score (nSPS) is 14.9. The molecule has 0 unspecified atom stereocenters. The van der Waals surface area contributed by atoms with Gasteiger partial charge in [-0.1, -0.05) is 0 Å². The van der Waals surface area contributed by atoms with Gasteiger partial charge in [0, 0.05) is 25.4 Å². The number of nitrogens with two attached hydrogens (primary N) is 1. The van der Waals surface area contributed by atoms with Gasteiger partial charge in [-0.2, -0.15) is 0 Å². The summed E-state index contributed by atoms with van der Waals surface area (Å²) in [6, 6.07) is 6.96. The van der Waals surface area contributed by atoms with Crippen LogP contribution in [0.15, 0.2) is 41.5 Å². The first-order valence-electron chi connectivity index (χ1n) is 7.84. The lowest BCUT2D eigenvalue weighted by Crippen LogP contribution is -2.23. The molecule has 0 amide bonds. The summed E-state index contributed by atoms with van der Waals surface area (Å²) in [4.78, 5) is 10.8. The first-order chi connectivity index (χ1) is 11.6. The van der Waals surface area contributed by atoms with Crippen molar-refractivity contribution in [2.45, 2.75) is 19.4 Å². The summed E-state index contributed by atoms with van der Waals surface area (Å²) in [6.45, 7) is 2.36. The highest BCUT2D eigenvalue weighted by Crippen LogP contribution is 2.19. The van der Waals surface area contributed by atoms with Crippen molar-refractivity contribution in [1.82, 2.24) is 4.98 Å². The van der Waals surface area contributed by atoms with Gasteiger partial charge in [0.15, 0.2) is 5.96 Å². The number of hydrogen-bond donors (Lipinski definition) is 2. The molecule has 1 aromatic heterocycles. The minimum Gasteiger partial charge on any atom is -0.370 e. The molecule has 0 saturated carbocycles. The fourth-order valence-electron chi connectivity index (χ4n) is 2.63. The summed E-state index contributed by atoms with van der Waals surface area (Å²) in [7, 11) is 0. The molecule has 5 nitrogen and oxygen atoms in total. The molecule has 1 aliphatic heterocycles. The Kier molecular flexibility index (Phi) is 4.88. The fourth-order valence-corrected chi connectivity index (χ4v) is 2.63. The second-order valence-corrected chi connectivity index (χ2v) is 5.67. The minimum absolute atomic E-state index is 0.0269. The van der Waals surface area contributed by atoms with Crippen LogP contribution >= 0.6 is 0 Å². The molecule has 1 aromatic carbocycles. The number of nitrogens with one attached hydrogen (secondary N) is 1. The Morgan fingerprint density at radius 3 is 2.79 bits per heavy atom. The Hall–Kier alpha value is -2.70. The number of guanidine groups is 1. The molecule has 0 atom stereocenters. The predicted octanol–water partition coefficient (Wildman–Crippen LogP) is 2.89. The van der Waals surface area contributed by atoms with E-state index in [0.717, 1.165) is 42.7 Å². The van der Waals surface area contributed by atoms with Gasteiger partial charge in [0.05, 0.1) is 12.2 Å². The zero-order valence-electron chi connectivity index (χ0n) is 13.2. The van der Waals surface area contributed by atoms with Crippen LogP contribution in [0.2, 0.25) is 0 Å². The Balaban J connectivity index is 1.66. The highest BCUT2D eigenvalue weighted by Gasteiger charge is 2.13.